The molecule has 0 fully saturated rings. The van der Waals surface area contributed by atoms with Gasteiger partial charge in [0, 0.05) is 4.47 Å². The Balaban J connectivity index is 2.14. The fourth-order valence-electron chi connectivity index (χ4n) is 1.67. The molecular formula is C13H12BrClS. The van der Waals surface area contributed by atoms with E-state index >= 15 is 0 Å². The number of hydrogen-bond donors (Lipinski definition) is 0. The molecule has 2 rings (SSSR count). The van der Waals surface area contributed by atoms with Crippen LogP contribution in [0.5, 0.6) is 0 Å². The Labute approximate surface area is 113 Å². The fraction of sp³-hybridized carbons (Fsp3) is 0.231. The zero-order valence-corrected chi connectivity index (χ0v) is 12.1. The Kier molecular flexibility index (Phi) is 4.06. The first-order valence-corrected chi connectivity index (χ1v) is 7.25. The maximum Gasteiger partial charge on any atom is 0.0636 e. The van der Waals surface area contributed by atoms with Crippen molar-refractivity contribution in [1.82, 2.24) is 0 Å². The molecule has 0 spiro atoms. The molecule has 0 N–H and O–H groups in total. The Hall–Kier alpha value is -0.310. The van der Waals surface area contributed by atoms with Crippen molar-refractivity contribution in [2.75, 3.05) is 0 Å². The summed E-state index contributed by atoms with van der Waals surface area (Å²) < 4.78 is 1.11. The lowest BCUT2D eigenvalue weighted by Gasteiger charge is -2.09. The van der Waals surface area contributed by atoms with Gasteiger partial charge >= 0.3 is 0 Å². The molecule has 0 saturated carbocycles. The van der Waals surface area contributed by atoms with Crippen LogP contribution in [0.25, 0.3) is 0 Å². The van der Waals surface area contributed by atoms with Crippen molar-refractivity contribution in [3.63, 3.8) is 0 Å². The standard InChI is InChI=1S/C13H12BrClS/c1-9-7-16-8-12(9)13(15)6-10-3-2-4-11(14)5-10/h2-5,7-8,13H,6H2,1H3. The minimum absolute atomic E-state index is 0.0700. The zero-order chi connectivity index (χ0) is 11.5. The van der Waals surface area contributed by atoms with E-state index in [0.29, 0.717) is 0 Å². The summed E-state index contributed by atoms with van der Waals surface area (Å²) in [5.74, 6) is 0. The first-order chi connectivity index (χ1) is 7.66. The monoisotopic (exact) mass is 314 g/mol. The van der Waals surface area contributed by atoms with Gasteiger partial charge in [-0.15, -0.1) is 11.6 Å². The minimum atomic E-state index is 0.0700. The molecule has 1 atom stereocenters. The summed E-state index contributed by atoms with van der Waals surface area (Å²) in [5.41, 5.74) is 3.81. The molecule has 1 heterocycles. The van der Waals surface area contributed by atoms with Crippen LogP contribution in [0.4, 0.5) is 0 Å². The molecule has 0 radical (unpaired) electrons. The molecule has 1 unspecified atom stereocenters. The van der Waals surface area contributed by atoms with Crippen molar-refractivity contribution in [2.24, 2.45) is 0 Å². The maximum absolute atomic E-state index is 6.43. The number of thiophene rings is 1. The molecule has 16 heavy (non-hydrogen) atoms. The Bertz CT molecular complexity index is 478. The zero-order valence-electron chi connectivity index (χ0n) is 8.91. The molecule has 0 nitrogen and oxygen atoms in total. The number of halogens is 2. The molecule has 0 amide bonds. The molecule has 0 bridgehead atoms. The van der Waals surface area contributed by atoms with Crippen molar-refractivity contribution < 1.29 is 0 Å². The highest BCUT2D eigenvalue weighted by Crippen LogP contribution is 2.30. The molecule has 3 heteroatoms. The Morgan fingerprint density at radius 3 is 2.81 bits per heavy atom. The summed E-state index contributed by atoms with van der Waals surface area (Å²) >= 11 is 11.6. The highest BCUT2D eigenvalue weighted by atomic mass is 79.9. The first-order valence-electron chi connectivity index (χ1n) is 5.08. The topological polar surface area (TPSA) is 0 Å². The van der Waals surface area contributed by atoms with Gasteiger partial charge in [0.25, 0.3) is 0 Å². The van der Waals surface area contributed by atoms with Crippen LogP contribution >= 0.6 is 38.9 Å². The summed E-state index contributed by atoms with van der Waals surface area (Å²) in [6, 6.07) is 8.31. The van der Waals surface area contributed by atoms with Gasteiger partial charge in [0.05, 0.1) is 5.38 Å². The molecule has 0 saturated heterocycles. The van der Waals surface area contributed by atoms with Crippen LogP contribution in [0.1, 0.15) is 22.1 Å². The van der Waals surface area contributed by atoms with E-state index < -0.39 is 0 Å². The van der Waals surface area contributed by atoms with E-state index in [1.807, 2.05) is 12.1 Å². The minimum Gasteiger partial charge on any atom is -0.152 e. The molecular weight excluding hydrogens is 304 g/mol. The van der Waals surface area contributed by atoms with Crippen LogP contribution in [0.15, 0.2) is 39.5 Å². The summed E-state index contributed by atoms with van der Waals surface area (Å²) in [7, 11) is 0. The van der Waals surface area contributed by atoms with Gasteiger partial charge in [0.15, 0.2) is 0 Å². The third-order valence-corrected chi connectivity index (χ3v) is 4.30. The molecule has 84 valence electrons. The van der Waals surface area contributed by atoms with E-state index in [1.54, 1.807) is 11.3 Å². The van der Waals surface area contributed by atoms with Gasteiger partial charge in [-0.1, -0.05) is 28.1 Å². The van der Waals surface area contributed by atoms with Gasteiger partial charge < -0.3 is 0 Å². The van der Waals surface area contributed by atoms with Gasteiger partial charge in [-0.05, 0) is 52.9 Å². The van der Waals surface area contributed by atoms with Gasteiger partial charge in [0.2, 0.25) is 0 Å². The summed E-state index contributed by atoms with van der Waals surface area (Å²) in [6.45, 7) is 2.11. The molecule has 0 aliphatic heterocycles. The average Bonchev–Trinajstić information content (AvgIpc) is 2.64. The van der Waals surface area contributed by atoms with Gasteiger partial charge in [-0.2, -0.15) is 11.3 Å². The number of benzene rings is 1. The van der Waals surface area contributed by atoms with Crippen molar-refractivity contribution in [3.05, 3.63) is 56.2 Å². The van der Waals surface area contributed by atoms with E-state index in [0.717, 1.165) is 10.9 Å². The Morgan fingerprint density at radius 1 is 1.38 bits per heavy atom. The molecule has 0 aliphatic rings. The summed E-state index contributed by atoms with van der Waals surface area (Å²) in [6.07, 6.45) is 0.874. The van der Waals surface area contributed by atoms with Crippen molar-refractivity contribution in [3.8, 4) is 0 Å². The van der Waals surface area contributed by atoms with Crippen molar-refractivity contribution in [1.29, 1.82) is 0 Å². The first kappa shape index (κ1) is 12.2. The van der Waals surface area contributed by atoms with Crippen LogP contribution in [-0.2, 0) is 6.42 Å². The number of alkyl halides is 1. The predicted octanol–water partition coefficient (Wildman–Crippen LogP) is 5.34. The number of hydrogen-bond acceptors (Lipinski definition) is 1. The lowest BCUT2D eigenvalue weighted by Crippen LogP contribution is -1.96. The van der Waals surface area contributed by atoms with Crippen molar-refractivity contribution in [2.45, 2.75) is 18.7 Å². The highest BCUT2D eigenvalue weighted by Gasteiger charge is 2.12. The second kappa shape index (κ2) is 5.35. The van der Waals surface area contributed by atoms with Gasteiger partial charge in [0.1, 0.15) is 0 Å². The smallest absolute Gasteiger partial charge is 0.0636 e. The number of rotatable bonds is 3. The Morgan fingerprint density at radius 2 is 2.19 bits per heavy atom. The van der Waals surface area contributed by atoms with Crippen LogP contribution in [0.3, 0.4) is 0 Å². The highest BCUT2D eigenvalue weighted by molar-refractivity contribution is 9.10. The third kappa shape index (κ3) is 2.88. The lowest BCUT2D eigenvalue weighted by atomic mass is 10.0. The second-order valence-corrected chi connectivity index (χ2v) is 6.00. The molecule has 0 aliphatic carbocycles. The summed E-state index contributed by atoms with van der Waals surface area (Å²) in [4.78, 5) is 0. The van der Waals surface area contributed by atoms with E-state index in [-0.39, 0.29) is 5.38 Å². The number of aryl methyl sites for hydroxylation is 1. The third-order valence-electron chi connectivity index (χ3n) is 2.54. The van der Waals surface area contributed by atoms with E-state index in [1.165, 1.54) is 16.7 Å². The van der Waals surface area contributed by atoms with E-state index in [9.17, 15) is 0 Å². The predicted molar refractivity (Wildman–Crippen MR) is 75.5 cm³/mol. The maximum atomic E-state index is 6.43. The van der Waals surface area contributed by atoms with Crippen molar-refractivity contribution >= 4 is 38.9 Å². The normalized spacial score (nSPS) is 12.7. The van der Waals surface area contributed by atoms with Crippen LogP contribution < -0.4 is 0 Å². The van der Waals surface area contributed by atoms with Gasteiger partial charge in [-0.3, -0.25) is 0 Å². The fourth-order valence-corrected chi connectivity index (χ4v) is 3.51. The molecule has 1 aromatic heterocycles. The quantitative estimate of drug-likeness (QED) is 0.670. The van der Waals surface area contributed by atoms with Crippen LogP contribution in [0.2, 0.25) is 0 Å². The largest absolute Gasteiger partial charge is 0.152 e. The average molecular weight is 316 g/mol. The van der Waals surface area contributed by atoms with Crippen LogP contribution in [0, 0.1) is 6.92 Å². The molecule has 2 aromatic rings. The SMILES string of the molecule is Cc1cscc1C(Cl)Cc1cccc(Br)c1. The lowest BCUT2D eigenvalue weighted by molar-refractivity contribution is 0.915. The molecule has 1 aromatic carbocycles. The van der Waals surface area contributed by atoms with E-state index in [2.05, 4.69) is 45.7 Å². The van der Waals surface area contributed by atoms with E-state index in [4.69, 9.17) is 11.6 Å². The second-order valence-electron chi connectivity index (χ2n) is 3.81. The van der Waals surface area contributed by atoms with Crippen LogP contribution in [-0.4, -0.2) is 0 Å². The van der Waals surface area contributed by atoms with Gasteiger partial charge in [-0.25, -0.2) is 0 Å². The summed E-state index contributed by atoms with van der Waals surface area (Å²) in [5, 5.41) is 4.36.